The van der Waals surface area contributed by atoms with Crippen molar-refractivity contribution >= 4 is 22.3 Å². The van der Waals surface area contributed by atoms with Gasteiger partial charge in [0.1, 0.15) is 5.75 Å². The predicted octanol–water partition coefficient (Wildman–Crippen LogP) is 3.18. The zero-order valence-electron chi connectivity index (χ0n) is 10.8. The SMILES string of the molecule is CCOC(=O)c1csc(N)c1-c1ccccc1OC. The Balaban J connectivity index is 2.55. The number of ether oxygens (including phenoxy) is 2. The lowest BCUT2D eigenvalue weighted by Crippen LogP contribution is -2.05. The van der Waals surface area contributed by atoms with Gasteiger partial charge in [0.15, 0.2) is 0 Å². The molecule has 100 valence electrons. The van der Waals surface area contributed by atoms with E-state index < -0.39 is 0 Å². The van der Waals surface area contributed by atoms with Crippen LogP contribution in [0.25, 0.3) is 11.1 Å². The maximum atomic E-state index is 11.9. The van der Waals surface area contributed by atoms with Crippen LogP contribution >= 0.6 is 11.3 Å². The summed E-state index contributed by atoms with van der Waals surface area (Å²) in [6, 6.07) is 7.46. The van der Waals surface area contributed by atoms with E-state index in [1.807, 2.05) is 24.3 Å². The van der Waals surface area contributed by atoms with E-state index in [0.29, 0.717) is 28.5 Å². The summed E-state index contributed by atoms with van der Waals surface area (Å²) in [4.78, 5) is 11.9. The second kappa shape index (κ2) is 5.75. The summed E-state index contributed by atoms with van der Waals surface area (Å²) in [7, 11) is 1.59. The van der Waals surface area contributed by atoms with Gasteiger partial charge in [-0.05, 0) is 13.0 Å². The Morgan fingerprint density at radius 1 is 1.37 bits per heavy atom. The van der Waals surface area contributed by atoms with Crippen molar-refractivity contribution < 1.29 is 14.3 Å². The minimum atomic E-state index is -0.364. The van der Waals surface area contributed by atoms with Crippen molar-refractivity contribution in [3.63, 3.8) is 0 Å². The lowest BCUT2D eigenvalue weighted by Gasteiger charge is -2.10. The first-order valence-corrected chi connectivity index (χ1v) is 6.74. The van der Waals surface area contributed by atoms with Gasteiger partial charge in [-0.3, -0.25) is 0 Å². The first kappa shape index (κ1) is 13.4. The normalized spacial score (nSPS) is 10.2. The molecule has 4 nitrogen and oxygen atoms in total. The van der Waals surface area contributed by atoms with Crippen molar-refractivity contribution in [3.05, 3.63) is 35.2 Å². The number of carbonyl (C=O) groups is 1. The molecule has 2 aromatic rings. The third-order valence-electron chi connectivity index (χ3n) is 2.69. The molecule has 2 N–H and O–H groups in total. The molecule has 0 amide bonds. The number of carbonyl (C=O) groups excluding carboxylic acids is 1. The molecule has 0 saturated heterocycles. The molecule has 1 heterocycles. The second-order valence-electron chi connectivity index (χ2n) is 3.81. The molecule has 2 rings (SSSR count). The Labute approximate surface area is 115 Å². The number of benzene rings is 1. The minimum Gasteiger partial charge on any atom is -0.496 e. The smallest absolute Gasteiger partial charge is 0.339 e. The number of nitrogens with two attached hydrogens (primary N) is 1. The lowest BCUT2D eigenvalue weighted by molar-refractivity contribution is 0.0528. The number of hydrogen-bond acceptors (Lipinski definition) is 5. The molecule has 0 unspecified atom stereocenters. The van der Waals surface area contributed by atoms with Crippen LogP contribution in [0.3, 0.4) is 0 Å². The zero-order chi connectivity index (χ0) is 13.8. The summed E-state index contributed by atoms with van der Waals surface area (Å²) in [5, 5.41) is 2.29. The molecular weight excluding hydrogens is 262 g/mol. The topological polar surface area (TPSA) is 61.5 Å². The summed E-state index contributed by atoms with van der Waals surface area (Å²) in [6.45, 7) is 2.11. The molecule has 19 heavy (non-hydrogen) atoms. The second-order valence-corrected chi connectivity index (χ2v) is 4.72. The number of methoxy groups -OCH3 is 1. The highest BCUT2D eigenvalue weighted by molar-refractivity contribution is 7.15. The fraction of sp³-hybridized carbons (Fsp3) is 0.214. The molecule has 0 bridgehead atoms. The molecule has 1 aromatic carbocycles. The molecule has 5 heteroatoms. The van der Waals surface area contributed by atoms with Gasteiger partial charge in [0.05, 0.1) is 24.3 Å². The maximum Gasteiger partial charge on any atom is 0.339 e. The van der Waals surface area contributed by atoms with Gasteiger partial charge in [0.2, 0.25) is 0 Å². The van der Waals surface area contributed by atoms with Crippen LogP contribution in [0.5, 0.6) is 5.75 Å². The van der Waals surface area contributed by atoms with Gasteiger partial charge in [0, 0.05) is 16.5 Å². The highest BCUT2D eigenvalue weighted by Gasteiger charge is 2.21. The van der Waals surface area contributed by atoms with Gasteiger partial charge >= 0.3 is 5.97 Å². The largest absolute Gasteiger partial charge is 0.496 e. The first-order chi connectivity index (χ1) is 9.19. The van der Waals surface area contributed by atoms with Crippen LogP contribution in [0.15, 0.2) is 29.6 Å². The fourth-order valence-electron chi connectivity index (χ4n) is 1.86. The summed E-state index contributed by atoms with van der Waals surface area (Å²) < 4.78 is 10.4. The molecule has 0 radical (unpaired) electrons. The number of hydrogen-bond donors (Lipinski definition) is 1. The Morgan fingerprint density at radius 2 is 2.11 bits per heavy atom. The van der Waals surface area contributed by atoms with E-state index in [2.05, 4.69) is 0 Å². The number of thiophene rings is 1. The molecule has 0 saturated carbocycles. The number of esters is 1. The average Bonchev–Trinajstić information content (AvgIpc) is 2.81. The Bertz CT molecular complexity index is 592. The van der Waals surface area contributed by atoms with Crippen LogP contribution < -0.4 is 10.5 Å². The van der Waals surface area contributed by atoms with Gasteiger partial charge in [-0.25, -0.2) is 4.79 Å². The lowest BCUT2D eigenvalue weighted by atomic mass is 10.0. The zero-order valence-corrected chi connectivity index (χ0v) is 11.6. The van der Waals surface area contributed by atoms with E-state index in [4.69, 9.17) is 15.2 Å². The van der Waals surface area contributed by atoms with E-state index in [0.717, 1.165) is 5.56 Å². The van der Waals surface area contributed by atoms with Crippen LogP contribution in [0.1, 0.15) is 17.3 Å². The number of rotatable bonds is 4. The van der Waals surface area contributed by atoms with E-state index in [9.17, 15) is 4.79 Å². The molecule has 0 aliphatic heterocycles. The highest BCUT2D eigenvalue weighted by Crippen LogP contribution is 2.40. The fourth-order valence-corrected chi connectivity index (χ4v) is 2.66. The molecule has 0 aliphatic carbocycles. The van der Waals surface area contributed by atoms with E-state index in [-0.39, 0.29) is 5.97 Å². The molecule has 0 spiro atoms. The van der Waals surface area contributed by atoms with E-state index in [1.165, 1.54) is 11.3 Å². The summed E-state index contributed by atoms with van der Waals surface area (Å²) in [5.41, 5.74) is 7.95. The van der Waals surface area contributed by atoms with Crippen molar-refractivity contribution in [2.24, 2.45) is 0 Å². The van der Waals surface area contributed by atoms with Crippen LogP contribution in [0.4, 0.5) is 5.00 Å². The van der Waals surface area contributed by atoms with Gasteiger partial charge in [-0.15, -0.1) is 11.3 Å². The Kier molecular flexibility index (Phi) is 4.06. The molecule has 0 fully saturated rings. The standard InChI is InChI=1S/C14H15NO3S/c1-3-18-14(16)10-8-19-13(15)12(10)9-6-4-5-7-11(9)17-2/h4-8H,3,15H2,1-2H3. The van der Waals surface area contributed by atoms with Gasteiger partial charge in [-0.1, -0.05) is 18.2 Å². The van der Waals surface area contributed by atoms with Crippen molar-refractivity contribution in [1.29, 1.82) is 0 Å². The monoisotopic (exact) mass is 277 g/mol. The van der Waals surface area contributed by atoms with Crippen molar-refractivity contribution in [2.45, 2.75) is 6.92 Å². The summed E-state index contributed by atoms with van der Waals surface area (Å²) >= 11 is 1.32. The first-order valence-electron chi connectivity index (χ1n) is 5.86. The molecule has 1 aromatic heterocycles. The number of para-hydroxylation sites is 1. The van der Waals surface area contributed by atoms with E-state index in [1.54, 1.807) is 19.4 Å². The number of nitrogen functional groups attached to an aromatic ring is 1. The third-order valence-corrected chi connectivity index (χ3v) is 3.50. The Morgan fingerprint density at radius 3 is 2.79 bits per heavy atom. The highest BCUT2D eigenvalue weighted by atomic mass is 32.1. The van der Waals surface area contributed by atoms with Crippen LogP contribution in [0.2, 0.25) is 0 Å². The Hall–Kier alpha value is -2.01. The number of anilines is 1. The average molecular weight is 277 g/mol. The maximum absolute atomic E-state index is 11.9. The quantitative estimate of drug-likeness (QED) is 0.872. The minimum absolute atomic E-state index is 0.333. The molecule has 0 atom stereocenters. The van der Waals surface area contributed by atoms with Crippen molar-refractivity contribution in [1.82, 2.24) is 0 Å². The van der Waals surface area contributed by atoms with Gasteiger partial charge in [-0.2, -0.15) is 0 Å². The molecular formula is C14H15NO3S. The van der Waals surface area contributed by atoms with Crippen molar-refractivity contribution in [2.75, 3.05) is 19.5 Å². The van der Waals surface area contributed by atoms with Crippen LogP contribution in [-0.4, -0.2) is 19.7 Å². The van der Waals surface area contributed by atoms with Crippen LogP contribution in [-0.2, 0) is 4.74 Å². The van der Waals surface area contributed by atoms with Crippen molar-refractivity contribution in [3.8, 4) is 16.9 Å². The van der Waals surface area contributed by atoms with E-state index >= 15 is 0 Å². The predicted molar refractivity (Wildman–Crippen MR) is 76.7 cm³/mol. The van der Waals surface area contributed by atoms with Crippen LogP contribution in [0, 0.1) is 0 Å². The summed E-state index contributed by atoms with van der Waals surface area (Å²) in [5.74, 6) is 0.314. The van der Waals surface area contributed by atoms with Gasteiger partial charge < -0.3 is 15.2 Å². The summed E-state index contributed by atoms with van der Waals surface area (Å²) in [6.07, 6.45) is 0. The molecule has 0 aliphatic rings. The third kappa shape index (κ3) is 2.56. The van der Waals surface area contributed by atoms with Gasteiger partial charge in [0.25, 0.3) is 0 Å².